The number of ether oxygens (including phenoxy) is 4. The maximum Gasteiger partial charge on any atom is 0.337 e. The molecule has 0 bridgehead atoms. The highest BCUT2D eigenvalue weighted by Gasteiger charge is 2.32. The zero-order valence-electron chi connectivity index (χ0n) is 25.4. The lowest BCUT2D eigenvalue weighted by Gasteiger charge is -2.28. The van der Waals surface area contributed by atoms with Crippen LogP contribution < -0.4 is 30.3 Å². The molecule has 0 saturated heterocycles. The van der Waals surface area contributed by atoms with E-state index in [1.807, 2.05) is 0 Å². The maximum absolute atomic E-state index is 12.4. The fourth-order valence-electron chi connectivity index (χ4n) is 4.53. The number of nitro benzene ring substituents is 1. The Morgan fingerprint density at radius 2 is 1.98 bits per heavy atom. The fraction of sp³-hybridized carbons (Fsp3) is 0.258. The number of carbonyl (C=O) groups excluding carboxylic acids is 2. The predicted molar refractivity (Wildman–Crippen MR) is 176 cm³/mol. The number of hydrazone groups is 1. The molecule has 1 heterocycles. The topological polar surface area (TPSA) is 183 Å². The van der Waals surface area contributed by atoms with Crippen molar-refractivity contribution in [2.45, 2.75) is 32.7 Å². The first-order valence-electron chi connectivity index (χ1n) is 14.1. The van der Waals surface area contributed by atoms with Gasteiger partial charge in [0.15, 0.2) is 23.5 Å². The van der Waals surface area contributed by atoms with Crippen molar-refractivity contribution in [2.24, 2.45) is 5.10 Å². The van der Waals surface area contributed by atoms with Crippen molar-refractivity contribution < 1.29 is 38.6 Å². The monoisotopic (exact) mass is 731 g/mol. The van der Waals surface area contributed by atoms with Gasteiger partial charge in [0, 0.05) is 17.8 Å². The molecule has 4 rings (SSSR count). The second-order valence-corrected chi connectivity index (χ2v) is 11.2. The quantitative estimate of drug-likeness (QED) is 0.0572. The van der Waals surface area contributed by atoms with Crippen LogP contribution in [0.4, 0.5) is 10.5 Å². The van der Waals surface area contributed by atoms with Crippen LogP contribution in [0.3, 0.4) is 0 Å². The smallest absolute Gasteiger partial charge is 0.337 e. The summed E-state index contributed by atoms with van der Waals surface area (Å²) in [6, 6.07) is 13.1. The van der Waals surface area contributed by atoms with Crippen LogP contribution in [-0.4, -0.2) is 54.8 Å². The zero-order chi connectivity index (χ0) is 34.1. The molecule has 0 saturated carbocycles. The van der Waals surface area contributed by atoms with Gasteiger partial charge in [-0.3, -0.25) is 15.5 Å². The molecule has 1 aliphatic rings. The third-order valence-electron chi connectivity index (χ3n) is 6.63. The van der Waals surface area contributed by atoms with Crippen LogP contribution in [0.15, 0.2) is 75.4 Å². The van der Waals surface area contributed by atoms with Crippen LogP contribution in [0.1, 0.15) is 36.6 Å². The lowest BCUT2D eigenvalue weighted by molar-refractivity contribution is -0.384. The number of esters is 1. The number of urea groups is 1. The number of rotatable bonds is 14. The molecule has 47 heavy (non-hydrogen) atoms. The number of aliphatic hydroxyl groups is 1. The largest absolute Gasteiger partial charge is 0.490 e. The van der Waals surface area contributed by atoms with Crippen molar-refractivity contribution in [3.63, 3.8) is 0 Å². The van der Waals surface area contributed by atoms with E-state index in [-0.39, 0.29) is 29.5 Å². The number of halogens is 2. The lowest BCUT2D eigenvalue weighted by Crippen LogP contribution is -2.45. The molecule has 0 aromatic heterocycles. The molecule has 3 aromatic rings. The van der Waals surface area contributed by atoms with Crippen molar-refractivity contribution in [1.82, 2.24) is 16.1 Å². The molecule has 1 aliphatic heterocycles. The number of methoxy groups -OCH3 is 1. The fourth-order valence-corrected chi connectivity index (χ4v) is 5.52. The Balaban J connectivity index is 1.37. The summed E-state index contributed by atoms with van der Waals surface area (Å²) >= 11 is 9.83. The van der Waals surface area contributed by atoms with Crippen LogP contribution in [0.25, 0.3) is 0 Å². The number of nitro groups is 1. The van der Waals surface area contributed by atoms with E-state index in [9.17, 15) is 24.8 Å². The van der Waals surface area contributed by atoms with E-state index in [0.717, 1.165) is 0 Å². The highest BCUT2D eigenvalue weighted by molar-refractivity contribution is 9.10. The Morgan fingerprint density at radius 3 is 2.68 bits per heavy atom. The number of amides is 2. The normalized spacial score (nSPS) is 15.0. The highest BCUT2D eigenvalue weighted by Crippen LogP contribution is 2.36. The predicted octanol–water partition coefficient (Wildman–Crippen LogP) is 5.11. The first-order valence-corrected chi connectivity index (χ1v) is 15.3. The molecule has 2 amide bonds. The summed E-state index contributed by atoms with van der Waals surface area (Å²) in [6.45, 7) is 3.56. The average Bonchev–Trinajstić information content (AvgIpc) is 3.03. The lowest BCUT2D eigenvalue weighted by atomic mass is 9.95. The molecule has 3 aromatic carbocycles. The summed E-state index contributed by atoms with van der Waals surface area (Å²) in [5.41, 5.74) is 4.89. The summed E-state index contributed by atoms with van der Waals surface area (Å²) < 4.78 is 22.7. The Bertz CT molecular complexity index is 1700. The summed E-state index contributed by atoms with van der Waals surface area (Å²) in [4.78, 5) is 35.1. The van der Waals surface area contributed by atoms with Gasteiger partial charge in [0.25, 0.3) is 5.69 Å². The van der Waals surface area contributed by atoms with E-state index in [4.69, 9.17) is 30.5 Å². The van der Waals surface area contributed by atoms with Crippen molar-refractivity contribution >= 4 is 51.4 Å². The van der Waals surface area contributed by atoms with Gasteiger partial charge in [-0.25, -0.2) is 9.59 Å². The Labute approximate surface area is 283 Å². The number of hydrogen-bond donors (Lipinski definition) is 4. The third kappa shape index (κ3) is 9.12. The van der Waals surface area contributed by atoms with Crippen LogP contribution >= 0.6 is 27.5 Å². The highest BCUT2D eigenvalue weighted by atomic mass is 79.9. The molecular formula is C31H31BrClN5O9. The Kier molecular flexibility index (Phi) is 12.0. The minimum atomic E-state index is -1.21. The molecule has 0 fully saturated rings. The third-order valence-corrected chi connectivity index (χ3v) is 7.50. The van der Waals surface area contributed by atoms with Crippen molar-refractivity contribution in [2.75, 3.05) is 20.3 Å². The molecule has 0 radical (unpaired) electrons. The Morgan fingerprint density at radius 1 is 1.19 bits per heavy atom. The number of carbonyl (C=O) groups is 2. The summed E-state index contributed by atoms with van der Waals surface area (Å²) in [7, 11) is 1.26. The molecule has 14 nitrogen and oxygen atoms in total. The van der Waals surface area contributed by atoms with Gasteiger partial charge in [0.1, 0.15) is 13.2 Å². The molecule has 16 heteroatoms. The number of allylic oxidation sites excluding steroid dienone is 1. The maximum atomic E-state index is 12.4. The number of hydrogen-bond acceptors (Lipinski definition) is 11. The number of non-ortho nitro benzene ring substituents is 1. The minimum absolute atomic E-state index is 0.0391. The van der Waals surface area contributed by atoms with Crippen molar-refractivity contribution in [3.8, 4) is 17.2 Å². The second kappa shape index (κ2) is 16.1. The number of benzene rings is 3. The average molecular weight is 733 g/mol. The van der Waals surface area contributed by atoms with Crippen molar-refractivity contribution in [1.29, 1.82) is 0 Å². The van der Waals surface area contributed by atoms with E-state index in [0.29, 0.717) is 50.7 Å². The van der Waals surface area contributed by atoms with Gasteiger partial charge in [-0.15, -0.1) is 0 Å². The molecular weight excluding hydrogens is 702 g/mol. The second-order valence-electron chi connectivity index (χ2n) is 9.94. The van der Waals surface area contributed by atoms with E-state index in [2.05, 4.69) is 37.1 Å². The minimum Gasteiger partial charge on any atom is -0.490 e. The van der Waals surface area contributed by atoms with E-state index >= 15 is 0 Å². The van der Waals surface area contributed by atoms with Gasteiger partial charge < -0.3 is 34.7 Å². The summed E-state index contributed by atoms with van der Waals surface area (Å²) in [5.74, 6) is 0.410. The van der Waals surface area contributed by atoms with E-state index in [1.54, 1.807) is 56.3 Å². The van der Waals surface area contributed by atoms with Crippen LogP contribution in [0.2, 0.25) is 5.02 Å². The SMILES string of the molecule is CCOc1cc([C@H]2NC(=O)NC(C)=C2C(=O)OC)ccc1OC[C@H](O)N/N=C\c1cc(Cl)c(OCc2cccc([N+](=O)[O-])c2)c(Br)c1. The van der Waals surface area contributed by atoms with E-state index in [1.165, 1.54) is 25.5 Å². The van der Waals surface area contributed by atoms with Gasteiger partial charge in [-0.05, 0) is 70.7 Å². The number of nitrogens with zero attached hydrogens (tertiary/aromatic N) is 2. The van der Waals surface area contributed by atoms with Gasteiger partial charge in [0.2, 0.25) is 0 Å². The van der Waals surface area contributed by atoms with Gasteiger partial charge >= 0.3 is 12.0 Å². The van der Waals surface area contributed by atoms with Crippen LogP contribution in [-0.2, 0) is 16.1 Å². The molecule has 0 unspecified atom stereocenters. The van der Waals surface area contributed by atoms with Crippen molar-refractivity contribution in [3.05, 3.63) is 102 Å². The molecule has 248 valence electrons. The van der Waals surface area contributed by atoms with Crippen LogP contribution in [0.5, 0.6) is 17.2 Å². The molecule has 0 spiro atoms. The van der Waals surface area contributed by atoms with E-state index < -0.39 is 29.2 Å². The first-order chi connectivity index (χ1) is 22.5. The summed E-state index contributed by atoms with van der Waals surface area (Å²) in [5, 5.41) is 31.1. The van der Waals surface area contributed by atoms with Gasteiger partial charge in [-0.1, -0.05) is 29.8 Å². The molecule has 4 N–H and O–H groups in total. The zero-order valence-corrected chi connectivity index (χ0v) is 27.8. The molecule has 2 atom stereocenters. The number of aliphatic hydroxyl groups excluding tert-OH is 1. The first kappa shape index (κ1) is 35.0. The standard InChI is InChI=1S/C31H31BrClN5O9/c1-4-45-25-13-20(28-27(30(40)44-3)17(2)35-31(41)36-28)8-9-24(25)46-16-26(39)37-34-14-19-11-22(32)29(23(33)12-19)47-15-18-6-5-7-21(10-18)38(42)43/h5-14,26,28,37,39H,4,15-16H2,1-3H3,(H2,35,36,41)/b34-14-/t26-,28+/m0/s1. The Hall–Kier alpha value is -4.86. The van der Waals surface area contributed by atoms with Gasteiger partial charge in [0.05, 0.1) is 46.0 Å². The summed E-state index contributed by atoms with van der Waals surface area (Å²) in [6.07, 6.45) is 0.226. The molecule has 0 aliphatic carbocycles. The van der Waals surface area contributed by atoms with Crippen LogP contribution in [0, 0.1) is 10.1 Å². The van der Waals surface area contributed by atoms with Gasteiger partial charge in [-0.2, -0.15) is 5.10 Å². The number of nitrogens with one attached hydrogen (secondary N) is 3.